The van der Waals surface area contributed by atoms with E-state index in [1.807, 2.05) is 64.1 Å². The van der Waals surface area contributed by atoms with E-state index in [9.17, 15) is 14.4 Å². The number of likely N-dealkylation sites (tertiary alicyclic amines) is 1. The molecule has 4 aromatic rings. The minimum atomic E-state index is -0.747. The first-order chi connectivity index (χ1) is 19.5. The van der Waals surface area contributed by atoms with Crippen LogP contribution in [0.5, 0.6) is 0 Å². The maximum Gasteiger partial charge on any atom is 0.408 e. The van der Waals surface area contributed by atoms with Crippen molar-refractivity contribution in [2.45, 2.75) is 50.3 Å². The summed E-state index contributed by atoms with van der Waals surface area (Å²) < 4.78 is 7.50. The Labute approximate surface area is 244 Å². The second kappa shape index (κ2) is 12.8. The Balaban J connectivity index is 0.00000337. The lowest BCUT2D eigenvalue weighted by molar-refractivity contribution is -0.134. The Bertz CT molecular complexity index is 1570. The lowest BCUT2D eigenvalue weighted by Gasteiger charge is -2.35. The molecule has 2 fully saturated rings. The number of para-hydroxylation sites is 2. The molecule has 0 aliphatic carbocycles. The van der Waals surface area contributed by atoms with Gasteiger partial charge in [0.2, 0.25) is 5.91 Å². The molecule has 0 saturated carbocycles. The number of ether oxygens (including phenoxy) is 1. The number of alkyl carbamates (subject to hydrolysis) is 1. The van der Waals surface area contributed by atoms with Crippen molar-refractivity contribution in [3.63, 3.8) is 0 Å². The van der Waals surface area contributed by atoms with Crippen molar-refractivity contribution >= 4 is 46.2 Å². The van der Waals surface area contributed by atoms with E-state index in [-0.39, 0.29) is 36.1 Å². The van der Waals surface area contributed by atoms with Crippen LogP contribution in [0.25, 0.3) is 21.8 Å². The topological polar surface area (TPSA) is 108 Å². The summed E-state index contributed by atoms with van der Waals surface area (Å²) in [4.78, 5) is 44.2. The number of halogens is 1. The first-order valence-corrected chi connectivity index (χ1v) is 14.2. The average molecular weight is 578 g/mol. The van der Waals surface area contributed by atoms with Crippen molar-refractivity contribution in [2.75, 3.05) is 26.2 Å². The van der Waals surface area contributed by atoms with Gasteiger partial charge in [0.15, 0.2) is 0 Å². The number of carbonyl (C=O) groups excluding carboxylic acids is 2. The van der Waals surface area contributed by atoms with Crippen LogP contribution in [0.15, 0.2) is 71.5 Å². The van der Waals surface area contributed by atoms with E-state index in [1.165, 1.54) is 0 Å². The highest BCUT2D eigenvalue weighted by Crippen LogP contribution is 2.26. The highest BCUT2D eigenvalue weighted by atomic mass is 35.5. The summed E-state index contributed by atoms with van der Waals surface area (Å²) in [5.41, 5.74) is 2.55. The number of benzene rings is 3. The Morgan fingerprint density at radius 1 is 0.927 bits per heavy atom. The summed E-state index contributed by atoms with van der Waals surface area (Å²) in [5, 5.41) is 8.38. The fourth-order valence-corrected chi connectivity index (χ4v) is 6.04. The highest BCUT2D eigenvalue weighted by Gasteiger charge is 2.32. The van der Waals surface area contributed by atoms with Gasteiger partial charge in [-0.25, -0.2) is 9.59 Å². The molecule has 3 N–H and O–H groups in total. The predicted molar refractivity (Wildman–Crippen MR) is 162 cm³/mol. The lowest BCUT2D eigenvalue weighted by Crippen LogP contribution is -2.52. The van der Waals surface area contributed by atoms with Gasteiger partial charge in [0, 0.05) is 25.6 Å². The van der Waals surface area contributed by atoms with E-state index in [0.717, 1.165) is 53.3 Å². The van der Waals surface area contributed by atoms with Crippen molar-refractivity contribution in [1.82, 2.24) is 25.1 Å². The zero-order valence-electron chi connectivity index (χ0n) is 22.9. The van der Waals surface area contributed by atoms with Crippen molar-refractivity contribution in [3.8, 4) is 0 Å². The van der Waals surface area contributed by atoms with E-state index < -0.39 is 12.1 Å². The molecular weight excluding hydrogens is 542 g/mol. The number of hydrogen-bond donors (Lipinski definition) is 3. The molecule has 6 rings (SSSR count). The second-order valence-electron chi connectivity index (χ2n) is 10.8. The van der Waals surface area contributed by atoms with Crippen LogP contribution >= 0.6 is 12.4 Å². The number of aromatic amines is 1. The maximum absolute atomic E-state index is 13.8. The Kier molecular flexibility index (Phi) is 8.95. The second-order valence-corrected chi connectivity index (χ2v) is 10.8. The van der Waals surface area contributed by atoms with Crippen LogP contribution in [0.3, 0.4) is 0 Å². The number of rotatable bonds is 6. The number of nitrogens with one attached hydrogen (secondary N) is 3. The molecular formula is C31H36ClN5O4. The van der Waals surface area contributed by atoms with Gasteiger partial charge in [0.25, 0.3) is 0 Å². The minimum Gasteiger partial charge on any atom is -0.446 e. The van der Waals surface area contributed by atoms with Crippen molar-refractivity contribution in [2.24, 2.45) is 0 Å². The fraction of sp³-hybridized carbons (Fsp3) is 0.387. The number of piperidine rings is 2. The van der Waals surface area contributed by atoms with E-state index in [2.05, 4.69) is 27.8 Å². The molecule has 3 heterocycles. The monoisotopic (exact) mass is 577 g/mol. The van der Waals surface area contributed by atoms with Gasteiger partial charge in [0.05, 0.1) is 11.0 Å². The number of amides is 2. The number of fused-ring (bicyclic) bond motifs is 2. The number of imidazole rings is 1. The molecule has 0 spiro atoms. The smallest absolute Gasteiger partial charge is 0.408 e. The van der Waals surface area contributed by atoms with Crippen molar-refractivity contribution in [3.05, 3.63) is 82.8 Å². The minimum absolute atomic E-state index is 0. The van der Waals surface area contributed by atoms with E-state index in [0.29, 0.717) is 32.4 Å². The lowest BCUT2D eigenvalue weighted by atomic mass is 9.99. The largest absolute Gasteiger partial charge is 0.446 e. The molecule has 10 heteroatoms. The van der Waals surface area contributed by atoms with E-state index in [1.54, 1.807) is 0 Å². The molecule has 1 atom stereocenters. The number of hydrogen-bond acceptors (Lipinski definition) is 5. The first kappa shape index (κ1) is 28.7. The molecule has 3 aromatic carbocycles. The maximum atomic E-state index is 13.8. The summed E-state index contributed by atoms with van der Waals surface area (Å²) in [7, 11) is 0. The first-order valence-electron chi connectivity index (χ1n) is 14.2. The average Bonchev–Trinajstić information content (AvgIpc) is 3.32. The van der Waals surface area contributed by atoms with Crippen molar-refractivity contribution in [1.29, 1.82) is 0 Å². The summed E-state index contributed by atoms with van der Waals surface area (Å²) in [5.74, 6) is -0.125. The van der Waals surface area contributed by atoms with Gasteiger partial charge >= 0.3 is 11.8 Å². The summed E-state index contributed by atoms with van der Waals surface area (Å²) in [6, 6.07) is 21.2. The van der Waals surface area contributed by atoms with Gasteiger partial charge in [0.1, 0.15) is 12.1 Å². The van der Waals surface area contributed by atoms with Crippen LogP contribution in [0.4, 0.5) is 4.79 Å². The Morgan fingerprint density at radius 3 is 2.41 bits per heavy atom. The molecule has 216 valence electrons. The van der Waals surface area contributed by atoms with Gasteiger partial charge in [-0.1, -0.05) is 54.6 Å². The number of carbonyl (C=O) groups is 2. The third-order valence-electron chi connectivity index (χ3n) is 8.17. The zero-order chi connectivity index (χ0) is 27.5. The third-order valence-corrected chi connectivity index (χ3v) is 8.17. The Hall–Kier alpha value is -3.82. The van der Waals surface area contributed by atoms with Gasteiger partial charge in [-0.3, -0.25) is 9.36 Å². The van der Waals surface area contributed by atoms with Gasteiger partial charge in [-0.2, -0.15) is 0 Å². The zero-order valence-corrected chi connectivity index (χ0v) is 23.7. The quantitative estimate of drug-likeness (QED) is 0.319. The van der Waals surface area contributed by atoms with Crippen LogP contribution in [0.2, 0.25) is 0 Å². The van der Waals surface area contributed by atoms with E-state index >= 15 is 0 Å². The molecule has 2 aliphatic heterocycles. The molecule has 1 aromatic heterocycles. The summed E-state index contributed by atoms with van der Waals surface area (Å²) in [6.07, 6.45) is 2.52. The van der Waals surface area contributed by atoms with Crippen LogP contribution in [0.1, 0.15) is 37.3 Å². The molecule has 2 aliphatic rings. The van der Waals surface area contributed by atoms with Gasteiger partial charge < -0.3 is 25.3 Å². The fourth-order valence-electron chi connectivity index (χ4n) is 6.04. The normalized spacial score (nSPS) is 17.2. The molecule has 41 heavy (non-hydrogen) atoms. The molecule has 0 bridgehead atoms. The molecule has 9 nitrogen and oxygen atoms in total. The number of nitrogens with zero attached hydrogens (tertiary/aromatic N) is 2. The number of H-pyrrole nitrogens is 1. The summed E-state index contributed by atoms with van der Waals surface area (Å²) >= 11 is 0. The summed E-state index contributed by atoms with van der Waals surface area (Å²) in [6.45, 7) is 2.64. The Morgan fingerprint density at radius 2 is 1.63 bits per heavy atom. The van der Waals surface area contributed by atoms with Gasteiger partial charge in [-0.05, 0) is 67.2 Å². The SMILES string of the molecule is Cl.O=C(N[C@H](Cc1ccc2ccccc2c1)C(=O)N1CCC(n2c(=O)[nH]c3ccccc32)CC1)OC1CCNCC1. The van der Waals surface area contributed by atoms with Crippen molar-refractivity contribution < 1.29 is 14.3 Å². The van der Waals surface area contributed by atoms with Crippen LogP contribution in [-0.4, -0.2) is 64.8 Å². The van der Waals surface area contributed by atoms with Crippen LogP contribution < -0.4 is 16.3 Å². The standard InChI is InChI=1S/C31H35N5O4.ClH/c37-29(35-17-13-24(14-18-35)36-28-8-4-3-7-26(28)33-30(36)38)27(34-31(39)40-25-11-15-32-16-12-25)20-21-9-10-22-5-1-2-6-23(22)19-21;/h1-10,19,24-25,27,32H,11-18,20H2,(H,33,38)(H,34,39);1H/t27-;/m1./s1. The van der Waals surface area contributed by atoms with Crippen LogP contribution in [0, 0.1) is 0 Å². The van der Waals surface area contributed by atoms with Gasteiger partial charge in [-0.15, -0.1) is 12.4 Å². The van der Waals surface area contributed by atoms with Crippen LogP contribution in [-0.2, 0) is 16.0 Å². The molecule has 0 radical (unpaired) electrons. The molecule has 2 amide bonds. The highest BCUT2D eigenvalue weighted by molar-refractivity contribution is 5.87. The molecule has 2 saturated heterocycles. The molecule has 0 unspecified atom stereocenters. The predicted octanol–water partition coefficient (Wildman–Crippen LogP) is 4.16. The number of aromatic nitrogens is 2. The van der Waals surface area contributed by atoms with E-state index in [4.69, 9.17) is 4.74 Å². The third kappa shape index (κ3) is 6.41.